The molecule has 35 heavy (non-hydrogen) atoms. The normalized spacial score (nSPS) is 40.8. The summed E-state index contributed by atoms with van der Waals surface area (Å²) in [5.74, 6) is 3.95. The fourth-order valence-electron chi connectivity index (χ4n) is 9.78. The van der Waals surface area contributed by atoms with Crippen LogP contribution in [-0.4, -0.2) is 29.3 Å². The minimum absolute atomic E-state index is 0.0936. The van der Waals surface area contributed by atoms with E-state index in [-0.39, 0.29) is 17.2 Å². The highest BCUT2D eigenvalue weighted by atomic mass is 19.1. The van der Waals surface area contributed by atoms with Crippen LogP contribution in [-0.2, 0) is 16.1 Å². The van der Waals surface area contributed by atoms with E-state index in [2.05, 4.69) is 18.9 Å². The van der Waals surface area contributed by atoms with Gasteiger partial charge in [0, 0.05) is 18.4 Å². The van der Waals surface area contributed by atoms with Gasteiger partial charge in [-0.25, -0.2) is 4.39 Å². The summed E-state index contributed by atoms with van der Waals surface area (Å²) in [7, 11) is 1.90. The van der Waals surface area contributed by atoms with E-state index in [1.807, 2.05) is 7.11 Å². The van der Waals surface area contributed by atoms with Gasteiger partial charge in [-0.1, -0.05) is 20.3 Å². The predicted molar refractivity (Wildman–Crippen MR) is 135 cm³/mol. The molecule has 4 saturated carbocycles. The number of carbonyl (C=O) groups is 1. The number of Topliss-reactive ketones (excluding diaryl/α,β-unsaturated/α-hetero) is 1. The molecule has 1 heterocycles. The van der Waals surface area contributed by atoms with Crippen LogP contribution in [0, 0.1) is 52.2 Å². The number of halogens is 1. The Labute approximate surface area is 209 Å². The number of carbonyl (C=O) groups excluding carboxylic acids is 1. The Morgan fingerprint density at radius 2 is 2.00 bits per heavy atom. The maximum absolute atomic E-state index is 13.7. The molecule has 2 aromatic rings. The van der Waals surface area contributed by atoms with Crippen molar-refractivity contribution in [2.75, 3.05) is 13.7 Å². The Hall–Kier alpha value is -1.75. The molecule has 4 aliphatic rings. The topological polar surface area (TPSA) is 44.1 Å². The maximum Gasteiger partial charge on any atom is 0.157 e. The lowest BCUT2D eigenvalue weighted by Crippen LogP contribution is -2.56. The largest absolute Gasteiger partial charge is 0.384 e. The van der Waals surface area contributed by atoms with Crippen LogP contribution in [0.15, 0.2) is 24.4 Å². The molecular weight excluding hydrogens is 439 g/mol. The van der Waals surface area contributed by atoms with Crippen molar-refractivity contribution in [2.45, 2.75) is 78.2 Å². The average molecular weight is 481 g/mol. The third-order valence-electron chi connectivity index (χ3n) is 11.3. The zero-order chi connectivity index (χ0) is 24.4. The van der Waals surface area contributed by atoms with Gasteiger partial charge in [0.25, 0.3) is 0 Å². The van der Waals surface area contributed by atoms with Gasteiger partial charge in [0.2, 0.25) is 0 Å². The van der Waals surface area contributed by atoms with Gasteiger partial charge in [0.1, 0.15) is 12.4 Å². The van der Waals surface area contributed by atoms with Crippen molar-refractivity contribution >= 4 is 16.7 Å². The number of ketones is 1. The van der Waals surface area contributed by atoms with Crippen LogP contribution in [0.5, 0.6) is 0 Å². The van der Waals surface area contributed by atoms with E-state index >= 15 is 0 Å². The van der Waals surface area contributed by atoms with E-state index in [4.69, 9.17) is 4.74 Å². The third-order valence-corrected chi connectivity index (χ3v) is 11.3. The molecule has 8 atom stereocenters. The highest BCUT2D eigenvalue weighted by Gasteiger charge is 2.62. The van der Waals surface area contributed by atoms with Crippen LogP contribution in [0.3, 0.4) is 0 Å². The molecule has 0 aliphatic heterocycles. The third kappa shape index (κ3) is 3.62. The number of benzene rings is 1. The highest BCUT2D eigenvalue weighted by Crippen LogP contribution is 2.68. The number of nitrogens with zero attached hydrogens (tertiary/aromatic N) is 2. The van der Waals surface area contributed by atoms with Gasteiger partial charge in [-0.05, 0) is 110 Å². The second-order valence-electron chi connectivity index (χ2n) is 12.8. The minimum Gasteiger partial charge on any atom is -0.384 e. The first-order valence-electron chi connectivity index (χ1n) is 14.0. The van der Waals surface area contributed by atoms with Crippen molar-refractivity contribution in [3.8, 4) is 0 Å². The Balaban J connectivity index is 1.23. The molecule has 0 spiro atoms. The molecule has 1 aromatic heterocycles. The second kappa shape index (κ2) is 8.68. The van der Waals surface area contributed by atoms with Crippen molar-refractivity contribution in [1.82, 2.24) is 9.78 Å². The molecule has 190 valence electrons. The fraction of sp³-hybridized carbons (Fsp3) is 0.733. The zero-order valence-corrected chi connectivity index (χ0v) is 21.6. The van der Waals surface area contributed by atoms with Crippen LogP contribution < -0.4 is 0 Å². The molecule has 0 saturated heterocycles. The number of fused-ring (bicyclic) bond motifs is 6. The summed E-state index contributed by atoms with van der Waals surface area (Å²) < 4.78 is 21.3. The molecule has 6 rings (SSSR count). The van der Waals surface area contributed by atoms with Crippen LogP contribution in [0.25, 0.3) is 10.9 Å². The average Bonchev–Trinajstić information content (AvgIpc) is 3.39. The van der Waals surface area contributed by atoms with Gasteiger partial charge >= 0.3 is 0 Å². The molecule has 0 amide bonds. The lowest BCUT2D eigenvalue weighted by atomic mass is 9.44. The summed E-state index contributed by atoms with van der Waals surface area (Å²) in [6.45, 7) is 6.08. The number of hydrogen-bond donors (Lipinski definition) is 0. The molecule has 5 heteroatoms. The van der Waals surface area contributed by atoms with E-state index in [0.29, 0.717) is 23.7 Å². The second-order valence-corrected chi connectivity index (χ2v) is 12.8. The molecule has 0 radical (unpaired) electrons. The fourth-order valence-corrected chi connectivity index (χ4v) is 9.78. The van der Waals surface area contributed by atoms with Gasteiger partial charge in [-0.3, -0.25) is 9.48 Å². The Bertz CT molecular complexity index is 1110. The number of aromatic nitrogens is 2. The summed E-state index contributed by atoms with van der Waals surface area (Å²) in [5, 5.41) is 5.20. The van der Waals surface area contributed by atoms with Gasteiger partial charge < -0.3 is 4.74 Å². The monoisotopic (exact) mass is 480 g/mol. The standard InChI is InChI=1S/C30H41FN2O2/c1-19-10-13-30(18-35-3)21(14-19)4-6-23-24-7-8-26(29(24,2)12-11-25(23)30)28(34)17-33-27-9-5-22(31)15-20(27)16-32-33/h5,9,15-16,19,21,23-26H,4,6-8,10-14,17-18H2,1-3H3/t19?,21?,23-,24?,25?,26?,29?,30+/m0/s1. The van der Waals surface area contributed by atoms with E-state index in [1.165, 1.54) is 57.1 Å². The molecule has 4 aliphatic carbocycles. The summed E-state index contributed by atoms with van der Waals surface area (Å²) >= 11 is 0. The minimum atomic E-state index is -0.264. The first kappa shape index (κ1) is 23.6. The number of ether oxygens (including phenoxy) is 1. The van der Waals surface area contributed by atoms with Gasteiger partial charge in [0.05, 0.1) is 18.3 Å². The van der Waals surface area contributed by atoms with Crippen LogP contribution in [0.4, 0.5) is 4.39 Å². The first-order chi connectivity index (χ1) is 16.9. The Kier molecular flexibility index (Phi) is 5.86. The Morgan fingerprint density at radius 1 is 1.14 bits per heavy atom. The lowest BCUT2D eigenvalue weighted by molar-refractivity contribution is -0.154. The van der Waals surface area contributed by atoms with Crippen molar-refractivity contribution in [3.63, 3.8) is 0 Å². The van der Waals surface area contributed by atoms with Crippen molar-refractivity contribution in [2.24, 2.45) is 46.3 Å². The molecule has 1 aromatic carbocycles. The van der Waals surface area contributed by atoms with E-state index < -0.39 is 0 Å². The van der Waals surface area contributed by atoms with E-state index in [0.717, 1.165) is 54.0 Å². The van der Waals surface area contributed by atoms with E-state index in [1.54, 1.807) is 16.9 Å². The smallest absolute Gasteiger partial charge is 0.157 e. The summed E-state index contributed by atoms with van der Waals surface area (Å²) in [6, 6.07) is 4.70. The Morgan fingerprint density at radius 3 is 2.83 bits per heavy atom. The van der Waals surface area contributed by atoms with Gasteiger partial charge in [0.15, 0.2) is 5.78 Å². The first-order valence-corrected chi connectivity index (χ1v) is 14.0. The highest BCUT2D eigenvalue weighted by molar-refractivity contribution is 5.85. The summed E-state index contributed by atoms with van der Waals surface area (Å²) in [5.41, 5.74) is 1.29. The SMILES string of the molecule is COC[C@]12CCC(C)CC1CC[C@H]1C3CCC(C(=O)Cn4ncc5cc(F)ccc54)C3(C)CCC12. The summed E-state index contributed by atoms with van der Waals surface area (Å²) in [4.78, 5) is 13.7. The molecule has 0 bridgehead atoms. The molecule has 4 fully saturated rings. The number of hydrogen-bond acceptors (Lipinski definition) is 3. The molecular formula is C30H41FN2O2. The van der Waals surface area contributed by atoms with Crippen LogP contribution in [0.1, 0.15) is 71.6 Å². The van der Waals surface area contributed by atoms with Gasteiger partial charge in [-0.2, -0.15) is 5.10 Å². The molecule has 6 unspecified atom stereocenters. The molecule has 4 nitrogen and oxygen atoms in total. The summed E-state index contributed by atoms with van der Waals surface area (Å²) in [6.07, 6.45) is 13.0. The number of methoxy groups -OCH3 is 1. The van der Waals surface area contributed by atoms with Crippen LogP contribution in [0.2, 0.25) is 0 Å². The van der Waals surface area contributed by atoms with Crippen molar-refractivity contribution < 1.29 is 13.9 Å². The molecule has 0 N–H and O–H groups in total. The van der Waals surface area contributed by atoms with Crippen molar-refractivity contribution in [1.29, 1.82) is 0 Å². The number of rotatable bonds is 5. The predicted octanol–water partition coefficient (Wildman–Crippen LogP) is 6.67. The van der Waals surface area contributed by atoms with Gasteiger partial charge in [-0.15, -0.1) is 0 Å². The lowest BCUT2D eigenvalue weighted by Gasteiger charge is -2.61. The maximum atomic E-state index is 13.7. The zero-order valence-electron chi connectivity index (χ0n) is 21.6. The quantitative estimate of drug-likeness (QED) is 0.480. The van der Waals surface area contributed by atoms with E-state index in [9.17, 15) is 9.18 Å². The van der Waals surface area contributed by atoms with Crippen LogP contribution >= 0.6 is 0 Å². The van der Waals surface area contributed by atoms with Crippen molar-refractivity contribution in [3.05, 3.63) is 30.2 Å².